The first kappa shape index (κ1) is 10.3. The van der Waals surface area contributed by atoms with Crippen molar-refractivity contribution >= 4 is 22.5 Å². The SMILES string of the molecule is Oc1ccc(Cl)c2cccnc12.[Cu+2]. The molecule has 0 amide bonds. The topological polar surface area (TPSA) is 33.1 Å². The summed E-state index contributed by atoms with van der Waals surface area (Å²) >= 11 is 5.88. The van der Waals surface area contributed by atoms with E-state index in [4.69, 9.17) is 11.6 Å². The monoisotopic (exact) mass is 242 g/mol. The number of aromatic nitrogens is 1. The number of hydrogen-bond acceptors (Lipinski definition) is 2. The van der Waals surface area contributed by atoms with Crippen molar-refractivity contribution in [2.24, 2.45) is 0 Å². The molecule has 13 heavy (non-hydrogen) atoms. The van der Waals surface area contributed by atoms with Crippen LogP contribution in [0.3, 0.4) is 0 Å². The van der Waals surface area contributed by atoms with Crippen molar-refractivity contribution in [1.82, 2.24) is 4.98 Å². The summed E-state index contributed by atoms with van der Waals surface area (Å²) in [6, 6.07) is 6.80. The van der Waals surface area contributed by atoms with Crippen LogP contribution in [0.25, 0.3) is 10.9 Å². The fourth-order valence-electron chi connectivity index (χ4n) is 1.12. The Morgan fingerprint density at radius 1 is 1.23 bits per heavy atom. The number of nitrogens with zero attached hydrogens (tertiary/aromatic N) is 1. The molecule has 0 atom stereocenters. The van der Waals surface area contributed by atoms with Gasteiger partial charge < -0.3 is 5.11 Å². The number of halogens is 1. The van der Waals surface area contributed by atoms with Crippen molar-refractivity contribution in [2.45, 2.75) is 0 Å². The molecule has 0 spiro atoms. The van der Waals surface area contributed by atoms with Gasteiger partial charge in [-0.15, -0.1) is 0 Å². The maximum atomic E-state index is 9.37. The Morgan fingerprint density at radius 2 is 2.00 bits per heavy atom. The minimum Gasteiger partial charge on any atom is -0.506 e. The molecule has 1 aromatic carbocycles. The van der Waals surface area contributed by atoms with Gasteiger partial charge in [-0.25, -0.2) is 0 Å². The number of hydrogen-bond donors (Lipinski definition) is 1. The molecule has 0 aliphatic rings. The maximum absolute atomic E-state index is 9.37. The normalized spacial score (nSPS) is 9.62. The van der Waals surface area contributed by atoms with Crippen molar-refractivity contribution in [1.29, 1.82) is 0 Å². The summed E-state index contributed by atoms with van der Waals surface area (Å²) in [5.41, 5.74) is 0.546. The van der Waals surface area contributed by atoms with E-state index in [0.29, 0.717) is 10.5 Å². The van der Waals surface area contributed by atoms with Gasteiger partial charge in [0.2, 0.25) is 0 Å². The quantitative estimate of drug-likeness (QED) is 0.721. The van der Waals surface area contributed by atoms with Gasteiger partial charge >= 0.3 is 17.1 Å². The van der Waals surface area contributed by atoms with Crippen LogP contribution in [0.2, 0.25) is 5.02 Å². The molecule has 1 heterocycles. The molecule has 1 radical (unpaired) electrons. The van der Waals surface area contributed by atoms with Gasteiger partial charge in [0.15, 0.2) is 0 Å². The average molecular weight is 243 g/mol. The Balaban J connectivity index is 0.000000845. The van der Waals surface area contributed by atoms with E-state index < -0.39 is 0 Å². The third-order valence-corrected chi connectivity index (χ3v) is 2.02. The predicted molar refractivity (Wildman–Crippen MR) is 48.4 cm³/mol. The van der Waals surface area contributed by atoms with E-state index in [9.17, 15) is 5.11 Å². The Morgan fingerprint density at radius 3 is 2.69 bits per heavy atom. The van der Waals surface area contributed by atoms with Crippen LogP contribution in [0, 0.1) is 0 Å². The number of fused-ring (bicyclic) bond motifs is 1. The van der Waals surface area contributed by atoms with Gasteiger partial charge in [0, 0.05) is 11.6 Å². The Bertz CT molecular complexity index is 392. The summed E-state index contributed by atoms with van der Waals surface area (Å²) in [5.74, 6) is 0.162. The zero-order chi connectivity index (χ0) is 8.55. The van der Waals surface area contributed by atoms with E-state index in [1.807, 2.05) is 6.07 Å². The molecule has 0 unspecified atom stereocenters. The molecule has 2 rings (SSSR count). The molecular weight excluding hydrogens is 237 g/mol. The van der Waals surface area contributed by atoms with E-state index in [-0.39, 0.29) is 22.8 Å². The smallest absolute Gasteiger partial charge is 0.506 e. The second-order valence-corrected chi connectivity index (χ2v) is 2.87. The zero-order valence-corrected chi connectivity index (χ0v) is 8.16. The third kappa shape index (κ3) is 1.78. The van der Waals surface area contributed by atoms with Gasteiger partial charge in [0.05, 0.1) is 5.02 Å². The molecule has 1 aromatic heterocycles. The van der Waals surface area contributed by atoms with E-state index in [1.165, 1.54) is 6.07 Å². The molecule has 0 aliphatic heterocycles. The Hall–Kier alpha value is -0.761. The molecule has 1 N–H and O–H groups in total. The largest absolute Gasteiger partial charge is 2.00 e. The van der Waals surface area contributed by atoms with Gasteiger partial charge in [-0.05, 0) is 24.3 Å². The predicted octanol–water partition coefficient (Wildman–Crippen LogP) is 2.59. The summed E-state index contributed by atoms with van der Waals surface area (Å²) in [5, 5.41) is 10.8. The second kappa shape index (κ2) is 3.97. The summed E-state index contributed by atoms with van der Waals surface area (Å²) in [6.07, 6.45) is 1.62. The molecule has 2 aromatic rings. The van der Waals surface area contributed by atoms with E-state index in [2.05, 4.69) is 4.98 Å². The molecular formula is C9H6ClCuNO+2. The standard InChI is InChI=1S/C9H6ClNO.Cu/c10-7-3-4-8(12)9-6(7)2-1-5-11-9;/h1-5,12H;/q;+2. The van der Waals surface area contributed by atoms with E-state index in [0.717, 1.165) is 5.39 Å². The van der Waals surface area contributed by atoms with Gasteiger partial charge in [0.1, 0.15) is 11.3 Å². The van der Waals surface area contributed by atoms with Crippen LogP contribution in [0.5, 0.6) is 5.75 Å². The van der Waals surface area contributed by atoms with Crippen molar-refractivity contribution in [3.63, 3.8) is 0 Å². The third-order valence-electron chi connectivity index (χ3n) is 1.70. The van der Waals surface area contributed by atoms with Crippen LogP contribution in [0.1, 0.15) is 0 Å². The van der Waals surface area contributed by atoms with Crippen LogP contribution in [0.4, 0.5) is 0 Å². The average Bonchev–Trinajstić information content (AvgIpc) is 2.12. The summed E-state index contributed by atoms with van der Waals surface area (Å²) in [7, 11) is 0. The Kier molecular flexibility index (Phi) is 3.15. The molecule has 4 heteroatoms. The van der Waals surface area contributed by atoms with Crippen molar-refractivity contribution in [2.75, 3.05) is 0 Å². The molecule has 0 bridgehead atoms. The maximum Gasteiger partial charge on any atom is 2.00 e. The minimum absolute atomic E-state index is 0. The molecule has 0 saturated carbocycles. The number of phenols is 1. The van der Waals surface area contributed by atoms with Crippen molar-refractivity contribution in [3.8, 4) is 5.75 Å². The van der Waals surface area contributed by atoms with Crippen LogP contribution >= 0.6 is 11.6 Å². The molecule has 69 valence electrons. The summed E-state index contributed by atoms with van der Waals surface area (Å²) in [6.45, 7) is 0. The number of pyridine rings is 1. The summed E-state index contributed by atoms with van der Waals surface area (Å²) in [4.78, 5) is 4.01. The fraction of sp³-hybridized carbons (Fsp3) is 0. The molecule has 0 aliphatic carbocycles. The molecule has 0 saturated heterocycles. The van der Waals surface area contributed by atoms with E-state index in [1.54, 1.807) is 18.3 Å². The van der Waals surface area contributed by atoms with Gasteiger partial charge in [-0.3, -0.25) is 4.98 Å². The van der Waals surface area contributed by atoms with Crippen LogP contribution in [0.15, 0.2) is 30.5 Å². The first-order valence-corrected chi connectivity index (χ1v) is 3.89. The number of rotatable bonds is 0. The zero-order valence-electron chi connectivity index (χ0n) is 6.46. The Labute approximate surface area is 91.0 Å². The number of aromatic hydroxyl groups is 1. The molecule has 0 fully saturated rings. The second-order valence-electron chi connectivity index (χ2n) is 2.47. The molecule has 2 nitrogen and oxygen atoms in total. The fourth-order valence-corrected chi connectivity index (χ4v) is 1.34. The van der Waals surface area contributed by atoms with Crippen LogP contribution in [-0.2, 0) is 17.1 Å². The van der Waals surface area contributed by atoms with Crippen molar-refractivity contribution in [3.05, 3.63) is 35.5 Å². The van der Waals surface area contributed by atoms with Crippen LogP contribution < -0.4 is 0 Å². The summed E-state index contributed by atoms with van der Waals surface area (Å²) < 4.78 is 0. The first-order chi connectivity index (χ1) is 5.79. The minimum atomic E-state index is 0. The number of benzene rings is 1. The number of phenolic OH excluding ortho intramolecular Hbond substituents is 1. The first-order valence-electron chi connectivity index (χ1n) is 3.51. The van der Waals surface area contributed by atoms with Crippen LogP contribution in [-0.4, -0.2) is 10.1 Å². The van der Waals surface area contributed by atoms with E-state index >= 15 is 0 Å². The van der Waals surface area contributed by atoms with Gasteiger partial charge in [-0.1, -0.05) is 11.6 Å². The van der Waals surface area contributed by atoms with Gasteiger partial charge in [0.25, 0.3) is 0 Å². The van der Waals surface area contributed by atoms with Crippen molar-refractivity contribution < 1.29 is 22.2 Å². The van der Waals surface area contributed by atoms with Gasteiger partial charge in [-0.2, -0.15) is 0 Å².